The molecule has 1 fully saturated rings. The van der Waals surface area contributed by atoms with E-state index in [1.807, 2.05) is 23.6 Å². The largest absolute Gasteiger partial charge is 0.360 e. The predicted molar refractivity (Wildman–Crippen MR) is 110 cm³/mol. The first-order valence-corrected chi connectivity index (χ1v) is 9.75. The Morgan fingerprint density at radius 2 is 2.14 bits per heavy atom. The Kier molecular flexibility index (Phi) is 4.05. The zero-order chi connectivity index (χ0) is 19.3. The highest BCUT2D eigenvalue weighted by atomic mass is 35.5. The molecule has 142 valence electrons. The zero-order valence-corrected chi connectivity index (χ0v) is 16.1. The predicted octanol–water partition coefficient (Wildman–Crippen LogP) is 4.22. The highest BCUT2D eigenvalue weighted by Gasteiger charge is 2.26. The maximum absolute atomic E-state index is 13.3. The van der Waals surface area contributed by atoms with Gasteiger partial charge in [-0.1, -0.05) is 23.7 Å². The SMILES string of the molecule is CC(Nc1ncnc2nc[nH]c12)c1cc2cccc(Cl)c2c(=O)n1C1CCC1. The summed E-state index contributed by atoms with van der Waals surface area (Å²) in [5.41, 5.74) is 2.25. The fourth-order valence-corrected chi connectivity index (χ4v) is 4.12. The molecule has 1 saturated carbocycles. The molecule has 7 nitrogen and oxygen atoms in total. The van der Waals surface area contributed by atoms with E-state index >= 15 is 0 Å². The first kappa shape index (κ1) is 17.2. The number of halogens is 1. The van der Waals surface area contributed by atoms with Gasteiger partial charge in [0.1, 0.15) is 11.8 Å². The van der Waals surface area contributed by atoms with Crippen LogP contribution in [0.3, 0.4) is 0 Å². The average molecular weight is 395 g/mol. The van der Waals surface area contributed by atoms with Gasteiger partial charge in [0.05, 0.1) is 22.8 Å². The number of aromatic nitrogens is 5. The molecule has 0 aliphatic heterocycles. The second-order valence-corrected chi connectivity index (χ2v) is 7.63. The van der Waals surface area contributed by atoms with Gasteiger partial charge in [-0.3, -0.25) is 4.79 Å². The summed E-state index contributed by atoms with van der Waals surface area (Å²) in [6, 6.07) is 7.71. The second kappa shape index (κ2) is 6.60. The summed E-state index contributed by atoms with van der Waals surface area (Å²) in [5, 5.41) is 5.36. The van der Waals surface area contributed by atoms with Crippen LogP contribution in [0.2, 0.25) is 5.02 Å². The monoisotopic (exact) mass is 394 g/mol. The van der Waals surface area contributed by atoms with E-state index < -0.39 is 0 Å². The minimum absolute atomic E-state index is 0.0224. The summed E-state index contributed by atoms with van der Waals surface area (Å²) < 4.78 is 1.92. The standard InChI is InChI=1S/C20H19ClN6O/c1-11(26-19-17-18(23-9-22-17)24-10-25-19)15-8-12-4-2-7-14(21)16(12)20(28)27(15)13-5-3-6-13/h2,4,7-11,13H,3,5-6H2,1H3,(H2,22,23,24,25,26). The van der Waals surface area contributed by atoms with Gasteiger partial charge in [0, 0.05) is 11.7 Å². The third-order valence-corrected chi connectivity index (χ3v) is 5.83. The maximum Gasteiger partial charge on any atom is 0.260 e. The number of rotatable bonds is 4. The van der Waals surface area contributed by atoms with E-state index in [0.717, 1.165) is 35.9 Å². The minimum atomic E-state index is -0.141. The summed E-state index contributed by atoms with van der Waals surface area (Å²) in [6.45, 7) is 2.03. The minimum Gasteiger partial charge on any atom is -0.360 e. The van der Waals surface area contributed by atoms with Gasteiger partial charge in [-0.05, 0) is 43.7 Å². The fourth-order valence-electron chi connectivity index (χ4n) is 3.86. The van der Waals surface area contributed by atoms with E-state index in [9.17, 15) is 4.79 Å². The third kappa shape index (κ3) is 2.65. The maximum atomic E-state index is 13.3. The van der Waals surface area contributed by atoms with E-state index in [-0.39, 0.29) is 17.6 Å². The zero-order valence-electron chi connectivity index (χ0n) is 15.3. The molecule has 8 heteroatoms. The van der Waals surface area contributed by atoms with E-state index in [2.05, 4.69) is 31.3 Å². The first-order chi connectivity index (χ1) is 13.6. The van der Waals surface area contributed by atoms with Crippen molar-refractivity contribution in [2.24, 2.45) is 0 Å². The van der Waals surface area contributed by atoms with Gasteiger partial charge in [0.2, 0.25) is 0 Å². The highest BCUT2D eigenvalue weighted by molar-refractivity contribution is 6.35. The third-order valence-electron chi connectivity index (χ3n) is 5.52. The molecule has 4 aromatic rings. The van der Waals surface area contributed by atoms with Crippen molar-refractivity contribution in [2.45, 2.75) is 38.3 Å². The lowest BCUT2D eigenvalue weighted by atomic mass is 9.91. The van der Waals surface area contributed by atoms with Gasteiger partial charge in [0.25, 0.3) is 5.56 Å². The number of pyridine rings is 1. The Bertz CT molecular complexity index is 1240. The number of nitrogens with one attached hydrogen (secondary N) is 2. The van der Waals surface area contributed by atoms with Gasteiger partial charge in [-0.25, -0.2) is 15.0 Å². The van der Waals surface area contributed by atoms with E-state index in [1.54, 1.807) is 12.4 Å². The number of fused-ring (bicyclic) bond motifs is 2. The Hall–Kier alpha value is -2.93. The number of benzene rings is 1. The molecule has 1 aliphatic carbocycles. The van der Waals surface area contributed by atoms with Crippen LogP contribution in [0.4, 0.5) is 5.82 Å². The molecule has 1 atom stereocenters. The van der Waals surface area contributed by atoms with Crippen LogP contribution < -0.4 is 10.9 Å². The Balaban J connectivity index is 1.65. The molecular formula is C20H19ClN6O. The second-order valence-electron chi connectivity index (χ2n) is 7.22. The van der Waals surface area contributed by atoms with Crippen LogP contribution in [0.5, 0.6) is 0 Å². The molecule has 1 unspecified atom stereocenters. The molecule has 0 amide bonds. The average Bonchev–Trinajstić information content (AvgIpc) is 3.12. The summed E-state index contributed by atoms with van der Waals surface area (Å²) in [6.07, 6.45) is 6.23. The number of imidazole rings is 1. The quantitative estimate of drug-likeness (QED) is 0.541. The van der Waals surface area contributed by atoms with Crippen LogP contribution in [-0.4, -0.2) is 24.5 Å². The molecule has 0 bridgehead atoms. The van der Waals surface area contributed by atoms with Crippen molar-refractivity contribution in [3.05, 3.63) is 58.0 Å². The van der Waals surface area contributed by atoms with Crippen LogP contribution >= 0.6 is 11.6 Å². The van der Waals surface area contributed by atoms with Gasteiger partial charge < -0.3 is 14.9 Å². The Labute approximate surface area is 165 Å². The van der Waals surface area contributed by atoms with Gasteiger partial charge in [-0.2, -0.15) is 0 Å². The van der Waals surface area contributed by atoms with Crippen molar-refractivity contribution in [3.63, 3.8) is 0 Å². The van der Waals surface area contributed by atoms with Crippen molar-refractivity contribution in [3.8, 4) is 0 Å². The van der Waals surface area contributed by atoms with Crippen molar-refractivity contribution in [1.82, 2.24) is 24.5 Å². The normalized spacial score (nSPS) is 15.6. The molecular weight excluding hydrogens is 376 g/mol. The number of hydrogen-bond acceptors (Lipinski definition) is 5. The first-order valence-electron chi connectivity index (χ1n) is 9.38. The number of nitrogens with zero attached hydrogens (tertiary/aromatic N) is 4. The van der Waals surface area contributed by atoms with E-state index in [1.165, 1.54) is 6.33 Å². The molecule has 3 heterocycles. The number of H-pyrrole nitrogens is 1. The van der Waals surface area contributed by atoms with Crippen molar-refractivity contribution >= 4 is 39.4 Å². The molecule has 1 aromatic carbocycles. The van der Waals surface area contributed by atoms with Crippen LogP contribution in [0.1, 0.15) is 44.0 Å². The Morgan fingerprint density at radius 3 is 2.93 bits per heavy atom. The van der Waals surface area contributed by atoms with Crippen LogP contribution in [0.15, 0.2) is 41.7 Å². The van der Waals surface area contributed by atoms with Crippen molar-refractivity contribution in [2.75, 3.05) is 5.32 Å². The fraction of sp³-hybridized carbons (Fsp3) is 0.300. The van der Waals surface area contributed by atoms with Gasteiger partial charge in [-0.15, -0.1) is 0 Å². The van der Waals surface area contributed by atoms with Gasteiger partial charge in [0.15, 0.2) is 11.5 Å². The molecule has 28 heavy (non-hydrogen) atoms. The molecule has 2 N–H and O–H groups in total. The molecule has 0 spiro atoms. The topological polar surface area (TPSA) is 88.5 Å². The molecule has 3 aromatic heterocycles. The number of anilines is 1. The summed E-state index contributed by atoms with van der Waals surface area (Å²) in [5.74, 6) is 0.661. The highest BCUT2D eigenvalue weighted by Crippen LogP contribution is 2.35. The Morgan fingerprint density at radius 1 is 1.29 bits per heavy atom. The lowest BCUT2D eigenvalue weighted by Crippen LogP contribution is -2.33. The van der Waals surface area contributed by atoms with E-state index in [0.29, 0.717) is 21.9 Å². The molecule has 1 aliphatic rings. The van der Waals surface area contributed by atoms with Crippen LogP contribution in [0, 0.1) is 0 Å². The molecule has 0 saturated heterocycles. The van der Waals surface area contributed by atoms with Crippen LogP contribution in [0.25, 0.3) is 21.9 Å². The lowest BCUT2D eigenvalue weighted by molar-refractivity contribution is 0.298. The summed E-state index contributed by atoms with van der Waals surface area (Å²) in [4.78, 5) is 29.1. The van der Waals surface area contributed by atoms with Crippen molar-refractivity contribution < 1.29 is 0 Å². The van der Waals surface area contributed by atoms with Gasteiger partial charge >= 0.3 is 0 Å². The van der Waals surface area contributed by atoms with Crippen LogP contribution in [-0.2, 0) is 0 Å². The number of aromatic amines is 1. The summed E-state index contributed by atoms with van der Waals surface area (Å²) >= 11 is 6.36. The number of hydrogen-bond donors (Lipinski definition) is 2. The molecule has 5 rings (SSSR count). The smallest absolute Gasteiger partial charge is 0.260 e. The molecule has 0 radical (unpaired) electrons. The summed E-state index contributed by atoms with van der Waals surface area (Å²) in [7, 11) is 0. The lowest BCUT2D eigenvalue weighted by Gasteiger charge is -2.32. The van der Waals surface area contributed by atoms with Crippen molar-refractivity contribution in [1.29, 1.82) is 0 Å². The van der Waals surface area contributed by atoms with E-state index in [4.69, 9.17) is 11.6 Å².